The Kier molecular flexibility index (Phi) is 2.55. The fraction of sp³-hybridized carbons (Fsp3) is 0.500. The second kappa shape index (κ2) is 4.02. The number of aliphatic hydroxyl groups is 2. The molecule has 9 heteroatoms. The van der Waals surface area contributed by atoms with Crippen LogP contribution in [0.15, 0.2) is 11.1 Å². The van der Waals surface area contributed by atoms with Crippen LogP contribution in [-0.4, -0.2) is 54.7 Å². The van der Waals surface area contributed by atoms with Gasteiger partial charge in [0.25, 0.3) is 5.56 Å². The number of hydrogen-bond acceptors (Lipinski definition) is 7. The Morgan fingerprint density at radius 2 is 2.37 bits per heavy atom. The summed E-state index contributed by atoms with van der Waals surface area (Å²) in [5.41, 5.74) is 4.71. The molecule has 0 radical (unpaired) electrons. The molecular formula is C10H13N5O4. The summed E-state index contributed by atoms with van der Waals surface area (Å²) in [4.78, 5) is 21.9. The van der Waals surface area contributed by atoms with Gasteiger partial charge in [0.2, 0.25) is 5.95 Å². The van der Waals surface area contributed by atoms with Crippen LogP contribution in [0.1, 0.15) is 0 Å². The van der Waals surface area contributed by atoms with Crippen LogP contribution in [-0.2, 0) is 11.3 Å². The molecular weight excluding hydrogens is 254 g/mol. The fourth-order valence-corrected chi connectivity index (χ4v) is 2.16. The third-order valence-corrected chi connectivity index (χ3v) is 3.27. The first-order valence-electron chi connectivity index (χ1n) is 5.70. The highest BCUT2D eigenvalue weighted by atomic mass is 16.6. The van der Waals surface area contributed by atoms with Crippen LogP contribution in [0, 0.1) is 0 Å². The molecule has 0 unspecified atom stereocenters. The van der Waals surface area contributed by atoms with Crippen molar-refractivity contribution < 1.29 is 14.9 Å². The summed E-state index contributed by atoms with van der Waals surface area (Å²) < 4.78 is 6.87. The topological polar surface area (TPSA) is 143 Å². The van der Waals surface area contributed by atoms with Crippen LogP contribution in [0.5, 0.6) is 0 Å². The van der Waals surface area contributed by atoms with Gasteiger partial charge in [-0.15, -0.1) is 0 Å². The summed E-state index contributed by atoms with van der Waals surface area (Å²) in [6.45, 7) is -0.180. The molecule has 1 aliphatic heterocycles. The summed E-state index contributed by atoms with van der Waals surface area (Å²) >= 11 is 0. The molecule has 2 aromatic rings. The molecule has 9 nitrogen and oxygen atoms in total. The molecule has 0 saturated carbocycles. The van der Waals surface area contributed by atoms with Gasteiger partial charge < -0.3 is 25.3 Å². The van der Waals surface area contributed by atoms with E-state index >= 15 is 0 Å². The maximum absolute atomic E-state index is 11.6. The number of nitrogens with zero attached hydrogens (tertiary/aromatic N) is 3. The normalized spacial score (nSPS) is 25.9. The van der Waals surface area contributed by atoms with Crippen molar-refractivity contribution in [2.45, 2.75) is 18.2 Å². The molecule has 1 aliphatic rings. The molecule has 3 heterocycles. The zero-order valence-electron chi connectivity index (χ0n) is 9.91. The zero-order chi connectivity index (χ0) is 13.6. The van der Waals surface area contributed by atoms with Crippen molar-refractivity contribution in [3.63, 3.8) is 0 Å². The first-order valence-corrected chi connectivity index (χ1v) is 5.70. The van der Waals surface area contributed by atoms with Crippen LogP contribution in [0.3, 0.4) is 0 Å². The van der Waals surface area contributed by atoms with Crippen molar-refractivity contribution in [2.75, 3.05) is 18.9 Å². The highest BCUT2D eigenvalue weighted by molar-refractivity contribution is 5.70. The third kappa shape index (κ3) is 1.79. The standard InChI is InChI=1S/C10H13N5O4/c11-9-13-7-6(8(18)14-9)12-4-15(7)2-10(3-17)5(1-16)19-10/h4-5,16-17H,1-3H2,(H3,11,13,14,18)/t5-,10+/m0/s1. The van der Waals surface area contributed by atoms with Crippen LogP contribution in [0.2, 0.25) is 0 Å². The van der Waals surface area contributed by atoms with Gasteiger partial charge in [-0.05, 0) is 0 Å². The Bertz CT molecular complexity index is 680. The molecule has 0 spiro atoms. The summed E-state index contributed by atoms with van der Waals surface area (Å²) in [6, 6.07) is 0. The van der Waals surface area contributed by atoms with Gasteiger partial charge in [-0.1, -0.05) is 0 Å². The highest BCUT2D eigenvalue weighted by Gasteiger charge is 2.56. The third-order valence-electron chi connectivity index (χ3n) is 3.27. The number of aliphatic hydroxyl groups excluding tert-OH is 2. The second-order valence-corrected chi connectivity index (χ2v) is 4.51. The van der Waals surface area contributed by atoms with Crippen LogP contribution < -0.4 is 11.3 Å². The minimum Gasteiger partial charge on any atom is -0.394 e. The summed E-state index contributed by atoms with van der Waals surface area (Å²) in [6.07, 6.45) is 1.01. The lowest BCUT2D eigenvalue weighted by molar-refractivity contribution is 0.156. The molecule has 19 heavy (non-hydrogen) atoms. The first kappa shape index (κ1) is 12.1. The van der Waals surface area contributed by atoms with E-state index in [2.05, 4.69) is 15.0 Å². The molecule has 2 atom stereocenters. The van der Waals surface area contributed by atoms with Crippen LogP contribution in [0.25, 0.3) is 11.2 Å². The molecule has 0 bridgehead atoms. The minimum absolute atomic E-state index is 0.00674. The SMILES string of the molecule is Nc1nc2c(ncn2C[C@]2(CO)O[C@H]2CO)c(=O)[nH]1. The van der Waals surface area contributed by atoms with E-state index in [9.17, 15) is 9.90 Å². The Balaban J connectivity index is 2.01. The van der Waals surface area contributed by atoms with E-state index in [1.165, 1.54) is 6.33 Å². The average Bonchev–Trinajstić information content (AvgIpc) is 2.95. The summed E-state index contributed by atoms with van der Waals surface area (Å²) in [5, 5.41) is 18.4. The number of fused-ring (bicyclic) bond motifs is 1. The molecule has 5 N–H and O–H groups in total. The maximum Gasteiger partial charge on any atom is 0.280 e. The van der Waals surface area contributed by atoms with Crippen molar-refractivity contribution >= 4 is 17.1 Å². The van der Waals surface area contributed by atoms with Gasteiger partial charge in [-0.2, -0.15) is 4.98 Å². The number of epoxide rings is 1. The highest BCUT2D eigenvalue weighted by Crippen LogP contribution is 2.37. The Hall–Kier alpha value is -1.97. The molecule has 0 amide bonds. The molecule has 0 aromatic carbocycles. The van der Waals surface area contributed by atoms with Gasteiger partial charge in [0.15, 0.2) is 11.2 Å². The molecule has 1 saturated heterocycles. The number of aromatic amines is 1. The van der Waals surface area contributed by atoms with E-state index in [4.69, 9.17) is 15.6 Å². The number of anilines is 1. The lowest BCUT2D eigenvalue weighted by Gasteiger charge is -2.10. The number of imidazole rings is 1. The van der Waals surface area contributed by atoms with Gasteiger partial charge in [0.05, 0.1) is 26.1 Å². The van der Waals surface area contributed by atoms with Gasteiger partial charge in [-0.3, -0.25) is 9.78 Å². The smallest absolute Gasteiger partial charge is 0.280 e. The largest absolute Gasteiger partial charge is 0.394 e. The van der Waals surface area contributed by atoms with Gasteiger partial charge in [-0.25, -0.2) is 4.98 Å². The van der Waals surface area contributed by atoms with Gasteiger partial charge in [0.1, 0.15) is 11.7 Å². The lowest BCUT2D eigenvalue weighted by atomic mass is 10.1. The van der Waals surface area contributed by atoms with Crippen molar-refractivity contribution in [1.82, 2.24) is 19.5 Å². The van der Waals surface area contributed by atoms with E-state index in [1.807, 2.05) is 0 Å². The van der Waals surface area contributed by atoms with Crippen molar-refractivity contribution in [3.8, 4) is 0 Å². The van der Waals surface area contributed by atoms with Crippen LogP contribution in [0.4, 0.5) is 5.95 Å². The molecule has 102 valence electrons. The number of H-pyrrole nitrogens is 1. The number of nitrogens with one attached hydrogen (secondary N) is 1. The monoisotopic (exact) mass is 267 g/mol. The number of nitrogens with two attached hydrogens (primary N) is 1. The van der Waals surface area contributed by atoms with Crippen LogP contribution >= 0.6 is 0 Å². The Morgan fingerprint density at radius 3 is 3.00 bits per heavy atom. The quantitative estimate of drug-likeness (QED) is 0.461. The lowest BCUT2D eigenvalue weighted by Crippen LogP contribution is -2.28. The minimum atomic E-state index is -0.846. The number of nitrogen functional groups attached to an aromatic ring is 1. The van der Waals surface area contributed by atoms with E-state index in [-0.39, 0.29) is 31.2 Å². The Labute approximate surface area is 106 Å². The van der Waals surface area contributed by atoms with Gasteiger partial charge in [0, 0.05) is 0 Å². The van der Waals surface area contributed by atoms with E-state index in [1.54, 1.807) is 4.57 Å². The number of hydrogen-bond donors (Lipinski definition) is 4. The molecule has 1 fully saturated rings. The Morgan fingerprint density at radius 1 is 1.58 bits per heavy atom. The van der Waals surface area contributed by atoms with Gasteiger partial charge >= 0.3 is 0 Å². The molecule has 3 rings (SSSR count). The summed E-state index contributed by atoms with van der Waals surface area (Å²) in [7, 11) is 0. The number of ether oxygens (including phenoxy) is 1. The predicted molar refractivity (Wildman–Crippen MR) is 64.3 cm³/mol. The molecule has 0 aliphatic carbocycles. The maximum atomic E-state index is 11.6. The van der Waals surface area contributed by atoms with Crippen molar-refractivity contribution in [2.24, 2.45) is 0 Å². The first-order chi connectivity index (χ1) is 9.09. The fourth-order valence-electron chi connectivity index (χ4n) is 2.16. The van der Waals surface area contributed by atoms with Crippen molar-refractivity contribution in [3.05, 3.63) is 16.7 Å². The van der Waals surface area contributed by atoms with Crippen molar-refractivity contribution in [1.29, 1.82) is 0 Å². The predicted octanol–water partition coefficient (Wildman–Crippen LogP) is -2.18. The number of rotatable bonds is 4. The average molecular weight is 267 g/mol. The zero-order valence-corrected chi connectivity index (χ0v) is 9.91. The van der Waals surface area contributed by atoms with E-state index in [0.717, 1.165) is 0 Å². The molecule has 2 aromatic heterocycles. The van der Waals surface area contributed by atoms with E-state index < -0.39 is 17.3 Å². The van der Waals surface area contributed by atoms with E-state index in [0.29, 0.717) is 5.65 Å². The summed E-state index contributed by atoms with van der Waals surface area (Å²) in [5.74, 6) is -0.00674. The second-order valence-electron chi connectivity index (χ2n) is 4.51. The number of aromatic nitrogens is 4.